The highest BCUT2D eigenvalue weighted by molar-refractivity contribution is 9.11. The normalized spacial score (nSPS) is 19.6. The highest BCUT2D eigenvalue weighted by atomic mass is 79.9. The van der Waals surface area contributed by atoms with Crippen molar-refractivity contribution in [3.63, 3.8) is 0 Å². The molecule has 0 bridgehead atoms. The Hall–Kier alpha value is 0.0200. The molecule has 7 heteroatoms. The van der Waals surface area contributed by atoms with Crippen LogP contribution in [0.5, 0.6) is 0 Å². The van der Waals surface area contributed by atoms with Crippen LogP contribution >= 0.6 is 31.9 Å². The van der Waals surface area contributed by atoms with E-state index in [-0.39, 0.29) is 19.9 Å². The Kier molecular flexibility index (Phi) is 3.99. The summed E-state index contributed by atoms with van der Waals surface area (Å²) in [5, 5.41) is 0. The van der Waals surface area contributed by atoms with Crippen molar-refractivity contribution in [3.8, 4) is 0 Å². The zero-order valence-electron chi connectivity index (χ0n) is 10.6. The van der Waals surface area contributed by atoms with E-state index in [0.29, 0.717) is 11.8 Å². The summed E-state index contributed by atoms with van der Waals surface area (Å²) in [5.74, 6) is 0.453. The van der Waals surface area contributed by atoms with Gasteiger partial charge in [-0.25, -0.2) is 17.5 Å². The molecule has 0 spiro atoms. The first-order valence-corrected chi connectivity index (χ1v) is 9.62. The van der Waals surface area contributed by atoms with Gasteiger partial charge in [0.1, 0.15) is 10.7 Å². The summed E-state index contributed by atoms with van der Waals surface area (Å²) in [4.78, 5) is 0.0743. The van der Waals surface area contributed by atoms with Gasteiger partial charge >= 0.3 is 0 Å². The van der Waals surface area contributed by atoms with Gasteiger partial charge in [0.25, 0.3) is 0 Å². The van der Waals surface area contributed by atoms with Crippen molar-refractivity contribution in [2.24, 2.45) is 11.8 Å². The Labute approximate surface area is 134 Å². The van der Waals surface area contributed by atoms with Crippen LogP contribution in [0.2, 0.25) is 0 Å². The first-order valence-electron chi connectivity index (χ1n) is 6.55. The van der Waals surface area contributed by atoms with E-state index in [1.165, 1.54) is 12.1 Å². The van der Waals surface area contributed by atoms with E-state index in [4.69, 9.17) is 0 Å². The standard InChI is InChI=1S/C13H14Br2FNO2S/c14-10-5-9(16)6-11(15)13(10)20(18,19)17-12(7-1-2-7)8-3-4-8/h5-8,12,17H,1-4H2. The quantitative estimate of drug-likeness (QED) is 0.777. The molecule has 1 aromatic carbocycles. The summed E-state index contributed by atoms with van der Waals surface area (Å²) in [6, 6.07) is 2.37. The smallest absolute Gasteiger partial charge is 0.207 e. The van der Waals surface area contributed by atoms with Crippen LogP contribution in [0.25, 0.3) is 0 Å². The highest BCUT2D eigenvalue weighted by Crippen LogP contribution is 2.45. The molecular formula is C13H14Br2FNO2S. The Morgan fingerprint density at radius 3 is 1.95 bits per heavy atom. The molecule has 20 heavy (non-hydrogen) atoms. The third kappa shape index (κ3) is 3.10. The van der Waals surface area contributed by atoms with Crippen molar-refractivity contribution in [1.29, 1.82) is 0 Å². The second kappa shape index (κ2) is 5.34. The van der Waals surface area contributed by atoms with Gasteiger partial charge in [-0.2, -0.15) is 0 Å². The minimum absolute atomic E-state index is 0.0313. The number of nitrogens with one attached hydrogen (secondary N) is 1. The van der Waals surface area contributed by atoms with Crippen LogP contribution in [0.15, 0.2) is 26.0 Å². The topological polar surface area (TPSA) is 46.2 Å². The van der Waals surface area contributed by atoms with Crippen molar-refractivity contribution in [2.75, 3.05) is 0 Å². The van der Waals surface area contributed by atoms with Crippen molar-refractivity contribution >= 4 is 41.9 Å². The molecule has 0 amide bonds. The predicted molar refractivity (Wildman–Crippen MR) is 81.4 cm³/mol. The molecule has 0 atom stereocenters. The number of rotatable bonds is 5. The molecule has 0 unspecified atom stereocenters. The lowest BCUT2D eigenvalue weighted by Gasteiger charge is -2.19. The predicted octanol–water partition coefficient (Wildman–Crippen LogP) is 3.82. The van der Waals surface area contributed by atoms with Crippen LogP contribution in [0, 0.1) is 17.7 Å². The molecule has 0 aliphatic heterocycles. The van der Waals surface area contributed by atoms with Gasteiger partial charge in [0, 0.05) is 15.0 Å². The van der Waals surface area contributed by atoms with Gasteiger partial charge in [-0.15, -0.1) is 0 Å². The Bertz CT molecular complexity index is 607. The zero-order valence-corrected chi connectivity index (χ0v) is 14.6. The molecule has 2 aliphatic rings. The molecule has 2 saturated carbocycles. The van der Waals surface area contributed by atoms with E-state index in [1.54, 1.807) is 0 Å². The van der Waals surface area contributed by atoms with Gasteiger partial charge in [0.2, 0.25) is 10.0 Å². The molecule has 0 saturated heterocycles. The van der Waals surface area contributed by atoms with Crippen LogP contribution < -0.4 is 4.72 Å². The lowest BCUT2D eigenvalue weighted by molar-refractivity contribution is 0.471. The molecule has 1 N–H and O–H groups in total. The third-order valence-corrected chi connectivity index (χ3v) is 7.12. The van der Waals surface area contributed by atoms with Gasteiger partial charge in [-0.1, -0.05) is 0 Å². The summed E-state index contributed by atoms with van der Waals surface area (Å²) in [7, 11) is -3.66. The SMILES string of the molecule is O=S(=O)(NC(C1CC1)C1CC1)c1c(Br)cc(F)cc1Br. The maximum Gasteiger partial charge on any atom is 0.243 e. The van der Waals surface area contributed by atoms with E-state index < -0.39 is 15.8 Å². The minimum Gasteiger partial charge on any atom is -0.207 e. The minimum atomic E-state index is -3.66. The third-order valence-electron chi connectivity index (χ3n) is 3.78. The van der Waals surface area contributed by atoms with Crippen molar-refractivity contribution in [1.82, 2.24) is 4.72 Å². The molecular weight excluding hydrogens is 413 g/mol. The zero-order chi connectivity index (χ0) is 14.5. The first kappa shape index (κ1) is 14.9. The summed E-state index contributed by atoms with van der Waals surface area (Å²) < 4.78 is 41.7. The monoisotopic (exact) mass is 425 g/mol. The second-order valence-corrected chi connectivity index (χ2v) is 8.88. The van der Waals surface area contributed by atoms with Gasteiger partial charge < -0.3 is 0 Å². The second-order valence-electron chi connectivity index (χ2n) is 5.52. The summed E-state index contributed by atoms with van der Waals surface area (Å²) in [6.07, 6.45) is 4.37. The Balaban J connectivity index is 1.91. The highest BCUT2D eigenvalue weighted by Gasteiger charge is 2.44. The molecule has 2 fully saturated rings. The maximum absolute atomic E-state index is 13.3. The van der Waals surface area contributed by atoms with Crippen molar-refractivity contribution in [3.05, 3.63) is 26.9 Å². The van der Waals surface area contributed by atoms with Crippen LogP contribution in [-0.2, 0) is 10.0 Å². The fraction of sp³-hybridized carbons (Fsp3) is 0.538. The molecule has 2 aliphatic carbocycles. The average molecular weight is 427 g/mol. The van der Waals surface area contributed by atoms with Crippen molar-refractivity contribution < 1.29 is 12.8 Å². The summed E-state index contributed by atoms with van der Waals surface area (Å²) in [5.41, 5.74) is 0. The van der Waals surface area contributed by atoms with E-state index in [1.807, 2.05) is 0 Å². The number of sulfonamides is 1. The Morgan fingerprint density at radius 1 is 1.10 bits per heavy atom. The maximum atomic E-state index is 13.3. The lowest BCUT2D eigenvalue weighted by Crippen LogP contribution is -2.38. The van der Waals surface area contributed by atoms with Crippen LogP contribution in [0.4, 0.5) is 4.39 Å². The van der Waals surface area contributed by atoms with Crippen molar-refractivity contribution in [2.45, 2.75) is 36.6 Å². The molecule has 0 heterocycles. The van der Waals surface area contributed by atoms with E-state index >= 15 is 0 Å². The first-order chi connectivity index (χ1) is 9.38. The van der Waals surface area contributed by atoms with Crippen LogP contribution in [-0.4, -0.2) is 14.5 Å². The fourth-order valence-electron chi connectivity index (χ4n) is 2.51. The molecule has 1 aromatic rings. The number of halogens is 3. The van der Waals surface area contributed by atoms with Gasteiger partial charge in [0.15, 0.2) is 0 Å². The van der Waals surface area contributed by atoms with Crippen LogP contribution in [0.1, 0.15) is 25.7 Å². The Morgan fingerprint density at radius 2 is 1.55 bits per heavy atom. The van der Waals surface area contributed by atoms with E-state index in [0.717, 1.165) is 25.7 Å². The number of benzene rings is 1. The lowest BCUT2D eigenvalue weighted by atomic mass is 10.1. The summed E-state index contributed by atoms with van der Waals surface area (Å²) >= 11 is 6.28. The number of hydrogen-bond acceptors (Lipinski definition) is 2. The molecule has 0 radical (unpaired) electrons. The largest absolute Gasteiger partial charge is 0.243 e. The summed E-state index contributed by atoms with van der Waals surface area (Å²) in [6.45, 7) is 0. The van der Waals surface area contributed by atoms with Gasteiger partial charge in [-0.3, -0.25) is 0 Å². The average Bonchev–Trinajstić information content (AvgIpc) is 3.18. The molecule has 3 nitrogen and oxygen atoms in total. The van der Waals surface area contributed by atoms with Crippen LogP contribution in [0.3, 0.4) is 0 Å². The molecule has 3 rings (SSSR count). The fourth-order valence-corrected chi connectivity index (χ4v) is 6.41. The molecule has 110 valence electrons. The number of hydrogen-bond donors (Lipinski definition) is 1. The molecule has 0 aromatic heterocycles. The van der Waals surface area contributed by atoms with E-state index in [9.17, 15) is 12.8 Å². The van der Waals surface area contributed by atoms with Gasteiger partial charge in [-0.05, 0) is 81.5 Å². The van der Waals surface area contributed by atoms with Gasteiger partial charge in [0.05, 0.1) is 0 Å². The van der Waals surface area contributed by atoms with E-state index in [2.05, 4.69) is 36.6 Å².